The van der Waals surface area contributed by atoms with Crippen molar-refractivity contribution in [2.75, 3.05) is 19.6 Å². The number of likely N-dealkylation sites (tertiary alicyclic amines) is 1. The van der Waals surface area contributed by atoms with Crippen molar-refractivity contribution >= 4 is 0 Å². The van der Waals surface area contributed by atoms with Crippen molar-refractivity contribution in [2.24, 2.45) is 17.1 Å². The van der Waals surface area contributed by atoms with Gasteiger partial charge in [-0.2, -0.15) is 0 Å². The molecular formula is C16H25FN2. The number of nitrogens with zero attached hydrogens (tertiary/aromatic N) is 1. The topological polar surface area (TPSA) is 29.3 Å². The molecule has 2 rings (SSSR count). The molecule has 19 heavy (non-hydrogen) atoms. The van der Waals surface area contributed by atoms with Gasteiger partial charge in [0, 0.05) is 24.7 Å². The third-order valence-electron chi connectivity index (χ3n) is 4.26. The van der Waals surface area contributed by atoms with Crippen LogP contribution >= 0.6 is 0 Å². The molecule has 1 aliphatic rings. The predicted molar refractivity (Wildman–Crippen MR) is 77.3 cm³/mol. The van der Waals surface area contributed by atoms with Crippen LogP contribution in [0, 0.1) is 17.2 Å². The molecule has 2 unspecified atom stereocenters. The number of nitrogens with two attached hydrogens (primary N) is 1. The zero-order chi connectivity index (χ0) is 14.0. The van der Waals surface area contributed by atoms with E-state index in [0.29, 0.717) is 16.9 Å². The third-order valence-corrected chi connectivity index (χ3v) is 4.26. The molecule has 2 nitrogen and oxygen atoms in total. The predicted octanol–water partition coefficient (Wildman–Crippen LogP) is 3.19. The van der Waals surface area contributed by atoms with Gasteiger partial charge >= 0.3 is 0 Å². The van der Waals surface area contributed by atoms with Crippen molar-refractivity contribution in [1.29, 1.82) is 0 Å². The third kappa shape index (κ3) is 3.54. The Bertz CT molecular complexity index is 425. The number of hydrogen-bond acceptors (Lipinski definition) is 2. The van der Waals surface area contributed by atoms with Gasteiger partial charge in [-0.15, -0.1) is 0 Å². The van der Waals surface area contributed by atoms with E-state index in [9.17, 15) is 4.39 Å². The maximum absolute atomic E-state index is 13.7. The molecule has 2 atom stereocenters. The fraction of sp³-hybridized carbons (Fsp3) is 0.625. The first-order chi connectivity index (χ1) is 8.88. The van der Waals surface area contributed by atoms with Gasteiger partial charge in [0.15, 0.2) is 0 Å². The monoisotopic (exact) mass is 264 g/mol. The number of halogens is 1. The van der Waals surface area contributed by atoms with Gasteiger partial charge in [0.05, 0.1) is 0 Å². The molecule has 0 radical (unpaired) electrons. The molecule has 0 amide bonds. The van der Waals surface area contributed by atoms with Gasteiger partial charge in [-0.05, 0) is 30.4 Å². The standard InChI is InChI=1S/C16H25FN2/c1-16(2,3)12-8-9-19(10-12)11-15(18)13-6-4-5-7-14(13)17/h4-7,12,15H,8-11,18H2,1-3H3. The highest BCUT2D eigenvalue weighted by molar-refractivity contribution is 5.21. The van der Waals surface area contributed by atoms with Crippen LogP contribution < -0.4 is 5.73 Å². The quantitative estimate of drug-likeness (QED) is 0.908. The molecule has 106 valence electrons. The van der Waals surface area contributed by atoms with Crippen molar-refractivity contribution in [3.63, 3.8) is 0 Å². The SMILES string of the molecule is CC(C)(C)C1CCN(CC(N)c2ccccc2F)C1. The van der Waals surface area contributed by atoms with E-state index < -0.39 is 0 Å². The lowest BCUT2D eigenvalue weighted by Gasteiger charge is -2.28. The Labute approximate surface area is 115 Å². The number of rotatable bonds is 3. The molecule has 0 saturated carbocycles. The van der Waals surface area contributed by atoms with Crippen LogP contribution in [0.25, 0.3) is 0 Å². The van der Waals surface area contributed by atoms with Crippen LogP contribution in [0.5, 0.6) is 0 Å². The van der Waals surface area contributed by atoms with E-state index in [1.165, 1.54) is 12.5 Å². The molecule has 1 aromatic rings. The zero-order valence-corrected chi connectivity index (χ0v) is 12.2. The highest BCUT2D eigenvalue weighted by Crippen LogP contribution is 2.34. The van der Waals surface area contributed by atoms with Crippen LogP contribution in [0.3, 0.4) is 0 Å². The van der Waals surface area contributed by atoms with Crippen LogP contribution in [-0.4, -0.2) is 24.5 Å². The van der Waals surface area contributed by atoms with Gasteiger partial charge in [-0.1, -0.05) is 39.0 Å². The summed E-state index contributed by atoms with van der Waals surface area (Å²) in [5, 5.41) is 0. The molecule has 1 aliphatic heterocycles. The summed E-state index contributed by atoms with van der Waals surface area (Å²) in [6.07, 6.45) is 1.22. The Morgan fingerprint density at radius 3 is 2.63 bits per heavy atom. The van der Waals surface area contributed by atoms with Crippen LogP contribution in [-0.2, 0) is 0 Å². The Morgan fingerprint density at radius 1 is 1.37 bits per heavy atom. The largest absolute Gasteiger partial charge is 0.323 e. The Kier molecular flexibility index (Phi) is 4.26. The minimum atomic E-state index is -0.236. The summed E-state index contributed by atoms with van der Waals surface area (Å²) >= 11 is 0. The second kappa shape index (κ2) is 5.59. The van der Waals surface area contributed by atoms with E-state index in [-0.39, 0.29) is 11.9 Å². The van der Waals surface area contributed by atoms with Crippen molar-refractivity contribution in [3.8, 4) is 0 Å². The average molecular weight is 264 g/mol. The molecule has 2 N–H and O–H groups in total. The van der Waals surface area contributed by atoms with Gasteiger partial charge in [0.1, 0.15) is 5.82 Å². The van der Waals surface area contributed by atoms with Crippen molar-refractivity contribution in [3.05, 3.63) is 35.6 Å². The summed E-state index contributed by atoms with van der Waals surface area (Å²) in [5.41, 5.74) is 7.12. The Hall–Kier alpha value is -0.930. The lowest BCUT2D eigenvalue weighted by Crippen LogP contribution is -2.32. The smallest absolute Gasteiger partial charge is 0.128 e. The molecule has 1 aromatic carbocycles. The molecule has 0 aliphatic carbocycles. The fourth-order valence-electron chi connectivity index (χ4n) is 2.86. The zero-order valence-electron chi connectivity index (χ0n) is 12.2. The summed E-state index contributed by atoms with van der Waals surface area (Å²) in [7, 11) is 0. The van der Waals surface area contributed by atoms with Crippen LogP contribution in [0.1, 0.15) is 38.8 Å². The van der Waals surface area contributed by atoms with Crippen molar-refractivity contribution < 1.29 is 4.39 Å². The van der Waals surface area contributed by atoms with Gasteiger partial charge < -0.3 is 10.6 Å². The van der Waals surface area contributed by atoms with Gasteiger partial charge in [0.2, 0.25) is 0 Å². The van der Waals surface area contributed by atoms with Crippen molar-refractivity contribution in [2.45, 2.75) is 33.2 Å². The first kappa shape index (κ1) is 14.5. The summed E-state index contributed by atoms with van der Waals surface area (Å²) < 4.78 is 13.7. The first-order valence-electron chi connectivity index (χ1n) is 7.10. The van der Waals surface area contributed by atoms with Gasteiger partial charge in [0.25, 0.3) is 0 Å². The lowest BCUT2D eigenvalue weighted by molar-refractivity contribution is 0.224. The molecule has 0 aromatic heterocycles. The second-order valence-electron chi connectivity index (χ2n) is 6.74. The number of hydrogen-bond donors (Lipinski definition) is 1. The highest BCUT2D eigenvalue weighted by Gasteiger charge is 2.32. The van der Waals surface area contributed by atoms with E-state index in [4.69, 9.17) is 5.73 Å². The fourth-order valence-corrected chi connectivity index (χ4v) is 2.86. The van der Waals surface area contributed by atoms with Gasteiger partial charge in [-0.3, -0.25) is 0 Å². The van der Waals surface area contributed by atoms with Crippen LogP contribution in [0.4, 0.5) is 4.39 Å². The second-order valence-corrected chi connectivity index (χ2v) is 6.74. The maximum Gasteiger partial charge on any atom is 0.128 e. The minimum absolute atomic E-state index is 0.193. The molecule has 0 spiro atoms. The molecule has 3 heteroatoms. The maximum atomic E-state index is 13.7. The molecular weight excluding hydrogens is 239 g/mol. The molecule has 1 fully saturated rings. The number of benzene rings is 1. The van der Waals surface area contributed by atoms with E-state index in [2.05, 4.69) is 25.7 Å². The minimum Gasteiger partial charge on any atom is -0.323 e. The Balaban J connectivity index is 1.94. The van der Waals surface area contributed by atoms with E-state index >= 15 is 0 Å². The summed E-state index contributed by atoms with van der Waals surface area (Å²) in [6, 6.07) is 6.59. The van der Waals surface area contributed by atoms with Crippen LogP contribution in [0.15, 0.2) is 24.3 Å². The van der Waals surface area contributed by atoms with E-state index in [0.717, 1.165) is 19.6 Å². The summed E-state index contributed by atoms with van der Waals surface area (Å²) in [6.45, 7) is 9.76. The van der Waals surface area contributed by atoms with Gasteiger partial charge in [-0.25, -0.2) is 4.39 Å². The average Bonchev–Trinajstić information content (AvgIpc) is 2.77. The van der Waals surface area contributed by atoms with Crippen molar-refractivity contribution in [1.82, 2.24) is 4.90 Å². The lowest BCUT2D eigenvalue weighted by atomic mass is 9.80. The Morgan fingerprint density at radius 2 is 2.05 bits per heavy atom. The normalized spacial score (nSPS) is 22.7. The molecule has 1 saturated heterocycles. The molecule has 1 heterocycles. The summed E-state index contributed by atoms with van der Waals surface area (Å²) in [5.74, 6) is 0.516. The molecule has 0 bridgehead atoms. The highest BCUT2D eigenvalue weighted by atomic mass is 19.1. The van der Waals surface area contributed by atoms with E-state index in [1.54, 1.807) is 12.1 Å². The first-order valence-corrected chi connectivity index (χ1v) is 7.10. The van der Waals surface area contributed by atoms with E-state index in [1.807, 2.05) is 6.07 Å². The van der Waals surface area contributed by atoms with Crippen LogP contribution in [0.2, 0.25) is 0 Å². The summed E-state index contributed by atoms with van der Waals surface area (Å²) in [4.78, 5) is 2.37.